The van der Waals surface area contributed by atoms with E-state index in [4.69, 9.17) is 10.5 Å². The molecule has 0 saturated carbocycles. The minimum Gasteiger partial charge on any atom is -0.445 e. The van der Waals surface area contributed by atoms with Crippen LogP contribution < -0.4 is 11.1 Å². The fraction of sp³-hybridized carbons (Fsp3) is 0.211. The number of hydrogen-bond acceptors (Lipinski definition) is 3. The third-order valence-electron chi connectivity index (χ3n) is 3.15. The van der Waals surface area contributed by atoms with Crippen molar-refractivity contribution in [2.75, 3.05) is 13.1 Å². The summed E-state index contributed by atoms with van der Waals surface area (Å²) >= 11 is 0. The zero-order chi connectivity index (χ0) is 16.3. The lowest BCUT2D eigenvalue weighted by molar-refractivity contribution is 0.141. The van der Waals surface area contributed by atoms with Gasteiger partial charge >= 0.3 is 6.09 Å². The second-order valence-corrected chi connectivity index (χ2v) is 4.95. The largest absolute Gasteiger partial charge is 0.445 e. The molecule has 118 valence electrons. The lowest BCUT2D eigenvalue weighted by Gasteiger charge is -2.04. The van der Waals surface area contributed by atoms with Crippen molar-refractivity contribution in [2.24, 2.45) is 5.73 Å². The highest BCUT2D eigenvalue weighted by Gasteiger charge is 2.00. The normalized spacial score (nSPS) is 9.61. The molecular weight excluding hydrogens is 288 g/mol. The predicted octanol–water partition coefficient (Wildman–Crippen LogP) is 2.47. The third kappa shape index (κ3) is 6.25. The molecule has 0 aliphatic heterocycles. The van der Waals surface area contributed by atoms with Gasteiger partial charge in [-0.15, -0.1) is 0 Å². The molecule has 0 aliphatic carbocycles. The van der Waals surface area contributed by atoms with E-state index in [1.807, 2.05) is 54.6 Å². The van der Waals surface area contributed by atoms with Crippen LogP contribution in [0.3, 0.4) is 0 Å². The smallest absolute Gasteiger partial charge is 0.408 e. The average molecular weight is 308 g/mol. The number of alkyl carbamates (subject to hydrolysis) is 1. The average Bonchev–Trinajstić information content (AvgIpc) is 2.59. The Kier molecular flexibility index (Phi) is 6.70. The zero-order valence-corrected chi connectivity index (χ0v) is 12.9. The Labute approximate surface area is 136 Å². The summed E-state index contributed by atoms with van der Waals surface area (Å²) in [5.41, 5.74) is 8.56. The molecule has 0 heterocycles. The monoisotopic (exact) mass is 308 g/mol. The van der Waals surface area contributed by atoms with Crippen LogP contribution in [0.1, 0.15) is 16.7 Å². The third-order valence-corrected chi connectivity index (χ3v) is 3.15. The summed E-state index contributed by atoms with van der Waals surface area (Å²) in [6.07, 6.45) is 0.393. The molecule has 0 saturated heterocycles. The quantitative estimate of drug-likeness (QED) is 0.834. The van der Waals surface area contributed by atoms with Crippen LogP contribution in [-0.4, -0.2) is 19.2 Å². The number of benzene rings is 2. The van der Waals surface area contributed by atoms with Crippen LogP contribution in [0.2, 0.25) is 0 Å². The summed E-state index contributed by atoms with van der Waals surface area (Å²) in [5.74, 6) is 5.89. The van der Waals surface area contributed by atoms with Gasteiger partial charge in [-0.1, -0.05) is 54.3 Å². The Balaban J connectivity index is 1.71. The molecule has 2 rings (SSSR count). The minimum atomic E-state index is -0.471. The van der Waals surface area contributed by atoms with Gasteiger partial charge in [0.25, 0.3) is 0 Å². The van der Waals surface area contributed by atoms with E-state index in [9.17, 15) is 4.79 Å². The first-order valence-electron chi connectivity index (χ1n) is 7.50. The molecule has 0 aromatic heterocycles. The zero-order valence-electron chi connectivity index (χ0n) is 12.9. The number of nitrogens with two attached hydrogens (primary N) is 1. The summed E-state index contributed by atoms with van der Waals surface area (Å²) in [7, 11) is 0. The Morgan fingerprint density at radius 3 is 2.48 bits per heavy atom. The number of hydrogen-bond donors (Lipinski definition) is 2. The first-order chi connectivity index (χ1) is 11.3. The van der Waals surface area contributed by atoms with Gasteiger partial charge in [0.2, 0.25) is 0 Å². The van der Waals surface area contributed by atoms with Crippen molar-refractivity contribution in [3.63, 3.8) is 0 Å². The summed E-state index contributed by atoms with van der Waals surface area (Å²) in [6.45, 7) is 1.14. The second-order valence-electron chi connectivity index (χ2n) is 4.95. The molecule has 3 N–H and O–H groups in total. The highest BCUT2D eigenvalue weighted by Crippen LogP contribution is 2.03. The molecule has 0 spiro atoms. The van der Waals surface area contributed by atoms with Crippen molar-refractivity contribution in [2.45, 2.75) is 13.0 Å². The molecule has 2 aromatic rings. The van der Waals surface area contributed by atoms with E-state index >= 15 is 0 Å². The molecule has 0 unspecified atom stereocenters. The van der Waals surface area contributed by atoms with Gasteiger partial charge in [-0.2, -0.15) is 0 Å². The van der Waals surface area contributed by atoms with Gasteiger partial charge in [0.05, 0.1) is 6.54 Å². The van der Waals surface area contributed by atoms with E-state index in [0.717, 1.165) is 17.5 Å². The van der Waals surface area contributed by atoms with Crippen LogP contribution in [0.5, 0.6) is 0 Å². The first kappa shape index (κ1) is 16.6. The number of amides is 1. The molecule has 0 fully saturated rings. The lowest BCUT2D eigenvalue weighted by atomic mass is 10.1. The van der Waals surface area contributed by atoms with Crippen LogP contribution in [0.15, 0.2) is 54.6 Å². The lowest BCUT2D eigenvalue weighted by Crippen LogP contribution is -2.24. The highest BCUT2D eigenvalue weighted by atomic mass is 16.5. The summed E-state index contributed by atoms with van der Waals surface area (Å²) in [5, 5.41) is 2.60. The van der Waals surface area contributed by atoms with Crippen molar-refractivity contribution >= 4 is 6.09 Å². The molecule has 0 aliphatic rings. The topological polar surface area (TPSA) is 64.3 Å². The molecule has 2 aromatic carbocycles. The van der Waals surface area contributed by atoms with Gasteiger partial charge in [-0.25, -0.2) is 4.79 Å². The highest BCUT2D eigenvalue weighted by molar-refractivity contribution is 5.67. The van der Waals surface area contributed by atoms with Crippen LogP contribution >= 0.6 is 0 Å². The summed E-state index contributed by atoms with van der Waals surface area (Å²) in [4.78, 5) is 11.5. The minimum absolute atomic E-state index is 0.248. The van der Waals surface area contributed by atoms with Crippen LogP contribution in [-0.2, 0) is 17.8 Å². The van der Waals surface area contributed by atoms with E-state index < -0.39 is 6.09 Å². The molecule has 1 amide bonds. The van der Waals surface area contributed by atoms with Crippen molar-refractivity contribution in [1.82, 2.24) is 5.32 Å². The van der Waals surface area contributed by atoms with Crippen LogP contribution in [0.25, 0.3) is 0 Å². The van der Waals surface area contributed by atoms with Gasteiger partial charge in [0.15, 0.2) is 0 Å². The van der Waals surface area contributed by atoms with E-state index in [-0.39, 0.29) is 13.2 Å². The maximum atomic E-state index is 11.5. The van der Waals surface area contributed by atoms with Crippen LogP contribution in [0.4, 0.5) is 4.79 Å². The maximum absolute atomic E-state index is 11.5. The van der Waals surface area contributed by atoms with Crippen molar-refractivity contribution in [3.8, 4) is 11.8 Å². The maximum Gasteiger partial charge on any atom is 0.408 e. The Morgan fingerprint density at radius 1 is 1.04 bits per heavy atom. The van der Waals surface area contributed by atoms with Gasteiger partial charge in [0.1, 0.15) is 6.61 Å². The molecule has 0 bridgehead atoms. The molecule has 0 radical (unpaired) electrons. The fourth-order valence-electron chi connectivity index (χ4n) is 1.96. The Bertz CT molecular complexity index is 670. The van der Waals surface area contributed by atoms with Crippen molar-refractivity contribution in [3.05, 3.63) is 71.3 Å². The van der Waals surface area contributed by atoms with E-state index in [1.165, 1.54) is 5.56 Å². The van der Waals surface area contributed by atoms with Crippen LogP contribution in [0, 0.1) is 11.8 Å². The van der Waals surface area contributed by atoms with Gasteiger partial charge in [0, 0.05) is 5.56 Å². The van der Waals surface area contributed by atoms with Gasteiger partial charge < -0.3 is 15.8 Å². The van der Waals surface area contributed by atoms with Crippen molar-refractivity contribution < 1.29 is 9.53 Å². The van der Waals surface area contributed by atoms with E-state index in [1.54, 1.807) is 0 Å². The Morgan fingerprint density at radius 2 is 1.78 bits per heavy atom. The molecule has 0 atom stereocenters. The van der Waals surface area contributed by atoms with Gasteiger partial charge in [-0.05, 0) is 36.2 Å². The molecule has 4 heteroatoms. The number of carbonyl (C=O) groups excluding carboxylic acids is 1. The molecular formula is C19H20N2O2. The summed E-state index contributed by atoms with van der Waals surface area (Å²) < 4.78 is 5.09. The SMILES string of the molecule is NCCc1ccc(C#CCNC(=O)OCc2ccccc2)cc1. The van der Waals surface area contributed by atoms with Crippen molar-refractivity contribution in [1.29, 1.82) is 0 Å². The molecule has 23 heavy (non-hydrogen) atoms. The predicted molar refractivity (Wildman–Crippen MR) is 90.7 cm³/mol. The number of carbonyl (C=O) groups is 1. The Hall–Kier alpha value is -2.77. The van der Waals surface area contributed by atoms with Gasteiger partial charge in [-0.3, -0.25) is 0 Å². The second kappa shape index (κ2) is 9.29. The number of ether oxygens (including phenoxy) is 1. The fourth-order valence-corrected chi connectivity index (χ4v) is 1.96. The summed E-state index contributed by atoms with van der Waals surface area (Å²) in [6, 6.07) is 17.5. The number of nitrogens with one attached hydrogen (secondary N) is 1. The van der Waals surface area contributed by atoms with E-state index in [2.05, 4.69) is 17.2 Å². The molecule has 4 nitrogen and oxygen atoms in total. The standard InChI is InChI=1S/C19H20N2O2/c20-13-12-17-10-8-16(9-11-17)7-4-14-21-19(22)23-15-18-5-2-1-3-6-18/h1-3,5-6,8-11H,12-15,20H2,(H,21,22). The first-order valence-corrected chi connectivity index (χ1v) is 7.50. The van der Waals surface area contributed by atoms with E-state index in [0.29, 0.717) is 6.54 Å². The number of rotatable bonds is 5.